The van der Waals surface area contributed by atoms with Crippen molar-refractivity contribution in [1.82, 2.24) is 15.3 Å². The molecule has 1 aromatic rings. The van der Waals surface area contributed by atoms with Crippen LogP contribution in [0.1, 0.15) is 70.7 Å². The number of aromatic amines is 1. The van der Waals surface area contributed by atoms with Crippen molar-refractivity contribution in [2.45, 2.75) is 64.8 Å². The van der Waals surface area contributed by atoms with E-state index in [2.05, 4.69) is 29.1 Å². The van der Waals surface area contributed by atoms with Gasteiger partial charge in [0.2, 0.25) is 0 Å². The van der Waals surface area contributed by atoms with E-state index in [9.17, 15) is 0 Å². The summed E-state index contributed by atoms with van der Waals surface area (Å²) < 4.78 is 0. The van der Waals surface area contributed by atoms with Crippen molar-refractivity contribution in [3.8, 4) is 0 Å². The molecule has 0 amide bonds. The summed E-state index contributed by atoms with van der Waals surface area (Å²) in [5.41, 5.74) is 0. The van der Waals surface area contributed by atoms with Crippen LogP contribution in [-0.2, 0) is 0 Å². The van der Waals surface area contributed by atoms with Gasteiger partial charge in [0.25, 0.3) is 0 Å². The fourth-order valence-corrected chi connectivity index (χ4v) is 2.07. The molecule has 1 aromatic heterocycles. The number of nitrogens with one attached hydrogen (secondary N) is 2. The molecular formula is C14H27N3. The summed E-state index contributed by atoms with van der Waals surface area (Å²) in [5, 5.41) is 3.57. The van der Waals surface area contributed by atoms with Crippen LogP contribution in [0.25, 0.3) is 0 Å². The van der Waals surface area contributed by atoms with Gasteiger partial charge >= 0.3 is 0 Å². The van der Waals surface area contributed by atoms with Crippen molar-refractivity contribution < 1.29 is 0 Å². The minimum absolute atomic E-state index is 0.409. The Hall–Kier alpha value is -0.830. The van der Waals surface area contributed by atoms with E-state index >= 15 is 0 Å². The summed E-state index contributed by atoms with van der Waals surface area (Å²) in [6.45, 7) is 5.53. The van der Waals surface area contributed by atoms with Crippen molar-refractivity contribution in [1.29, 1.82) is 0 Å². The third kappa shape index (κ3) is 5.87. The van der Waals surface area contributed by atoms with Crippen LogP contribution in [0.3, 0.4) is 0 Å². The zero-order valence-corrected chi connectivity index (χ0v) is 11.3. The minimum atomic E-state index is 0.409. The van der Waals surface area contributed by atoms with Gasteiger partial charge in [-0.25, -0.2) is 4.98 Å². The Morgan fingerprint density at radius 3 is 2.65 bits per heavy atom. The number of nitrogens with zero attached hydrogens (tertiary/aromatic N) is 1. The fourth-order valence-electron chi connectivity index (χ4n) is 2.07. The molecule has 0 saturated heterocycles. The second-order valence-electron chi connectivity index (χ2n) is 4.68. The number of hydrogen-bond acceptors (Lipinski definition) is 2. The van der Waals surface area contributed by atoms with Crippen molar-refractivity contribution in [2.24, 2.45) is 0 Å². The van der Waals surface area contributed by atoms with Gasteiger partial charge in [-0.2, -0.15) is 0 Å². The number of imidazole rings is 1. The molecule has 0 bridgehead atoms. The van der Waals surface area contributed by atoms with Crippen molar-refractivity contribution in [3.63, 3.8) is 0 Å². The first-order valence-electron chi connectivity index (χ1n) is 7.11. The summed E-state index contributed by atoms with van der Waals surface area (Å²) in [7, 11) is 0. The van der Waals surface area contributed by atoms with Crippen LogP contribution in [0.4, 0.5) is 0 Å². The molecule has 0 aromatic carbocycles. The first kappa shape index (κ1) is 14.2. The highest BCUT2D eigenvalue weighted by Gasteiger charge is 2.11. The molecule has 3 nitrogen and oxygen atoms in total. The Balaban J connectivity index is 2.26. The average molecular weight is 237 g/mol. The smallest absolute Gasteiger partial charge is 0.123 e. The summed E-state index contributed by atoms with van der Waals surface area (Å²) in [4.78, 5) is 7.59. The van der Waals surface area contributed by atoms with Crippen molar-refractivity contribution in [3.05, 3.63) is 18.2 Å². The van der Waals surface area contributed by atoms with E-state index in [4.69, 9.17) is 0 Å². The van der Waals surface area contributed by atoms with E-state index < -0.39 is 0 Å². The first-order valence-corrected chi connectivity index (χ1v) is 7.11. The number of H-pyrrole nitrogens is 1. The number of hydrogen-bond donors (Lipinski definition) is 2. The molecule has 17 heavy (non-hydrogen) atoms. The molecule has 0 aliphatic carbocycles. The van der Waals surface area contributed by atoms with Crippen LogP contribution < -0.4 is 5.32 Å². The number of aromatic nitrogens is 2. The van der Waals surface area contributed by atoms with Gasteiger partial charge in [0.05, 0.1) is 6.04 Å². The van der Waals surface area contributed by atoms with E-state index in [0.29, 0.717) is 6.04 Å². The first-order chi connectivity index (χ1) is 8.38. The summed E-state index contributed by atoms with van der Waals surface area (Å²) >= 11 is 0. The maximum absolute atomic E-state index is 4.37. The van der Waals surface area contributed by atoms with Crippen molar-refractivity contribution in [2.75, 3.05) is 6.54 Å². The molecule has 0 aliphatic heterocycles. The molecule has 0 aliphatic rings. The van der Waals surface area contributed by atoms with E-state index in [0.717, 1.165) is 12.4 Å². The standard InChI is InChI=1S/C14H27N3/c1-3-5-6-7-8-9-13(15-10-4-2)14-16-11-12-17-14/h11-13,15H,3-10H2,1-2H3,(H,16,17). The lowest BCUT2D eigenvalue weighted by molar-refractivity contribution is 0.453. The zero-order valence-electron chi connectivity index (χ0n) is 11.3. The minimum Gasteiger partial charge on any atom is -0.347 e. The second-order valence-corrected chi connectivity index (χ2v) is 4.68. The molecule has 1 unspecified atom stereocenters. The lowest BCUT2D eigenvalue weighted by Gasteiger charge is -2.16. The molecule has 0 fully saturated rings. The maximum Gasteiger partial charge on any atom is 0.123 e. The van der Waals surface area contributed by atoms with E-state index in [1.807, 2.05) is 12.4 Å². The fraction of sp³-hybridized carbons (Fsp3) is 0.786. The lowest BCUT2D eigenvalue weighted by Crippen LogP contribution is -2.23. The van der Waals surface area contributed by atoms with Crippen LogP contribution >= 0.6 is 0 Å². The normalized spacial score (nSPS) is 12.8. The summed E-state index contributed by atoms with van der Waals surface area (Å²) in [5.74, 6) is 1.09. The van der Waals surface area contributed by atoms with Gasteiger partial charge in [0.15, 0.2) is 0 Å². The third-order valence-corrected chi connectivity index (χ3v) is 3.09. The molecular weight excluding hydrogens is 210 g/mol. The molecule has 1 heterocycles. The number of unbranched alkanes of at least 4 members (excludes halogenated alkanes) is 4. The summed E-state index contributed by atoms with van der Waals surface area (Å²) in [6, 6.07) is 0.409. The van der Waals surface area contributed by atoms with E-state index in [1.54, 1.807) is 0 Å². The highest BCUT2D eigenvalue weighted by Crippen LogP contribution is 2.17. The van der Waals surface area contributed by atoms with Crippen LogP contribution in [-0.4, -0.2) is 16.5 Å². The topological polar surface area (TPSA) is 40.7 Å². The van der Waals surface area contributed by atoms with Crippen LogP contribution in [0.2, 0.25) is 0 Å². The Morgan fingerprint density at radius 2 is 2.00 bits per heavy atom. The van der Waals surface area contributed by atoms with Gasteiger partial charge in [-0.15, -0.1) is 0 Å². The predicted molar refractivity (Wildman–Crippen MR) is 73.0 cm³/mol. The molecule has 1 rings (SSSR count). The Bertz CT molecular complexity index is 256. The average Bonchev–Trinajstić information content (AvgIpc) is 2.86. The quantitative estimate of drug-likeness (QED) is 0.607. The largest absolute Gasteiger partial charge is 0.347 e. The highest BCUT2D eigenvalue weighted by molar-refractivity contribution is 4.95. The van der Waals surface area contributed by atoms with E-state index in [1.165, 1.54) is 44.9 Å². The van der Waals surface area contributed by atoms with Gasteiger partial charge in [-0.05, 0) is 19.4 Å². The lowest BCUT2D eigenvalue weighted by atomic mass is 10.1. The molecule has 0 spiro atoms. The molecule has 98 valence electrons. The van der Waals surface area contributed by atoms with Gasteiger partial charge in [0, 0.05) is 12.4 Å². The van der Waals surface area contributed by atoms with Crippen LogP contribution in [0, 0.1) is 0 Å². The van der Waals surface area contributed by atoms with Crippen LogP contribution in [0.5, 0.6) is 0 Å². The Labute approximate surface area is 105 Å². The highest BCUT2D eigenvalue weighted by atomic mass is 15.0. The predicted octanol–water partition coefficient (Wildman–Crippen LogP) is 3.81. The molecule has 1 atom stereocenters. The van der Waals surface area contributed by atoms with Gasteiger partial charge < -0.3 is 10.3 Å². The summed E-state index contributed by atoms with van der Waals surface area (Å²) in [6.07, 6.45) is 12.8. The molecule has 0 saturated carbocycles. The van der Waals surface area contributed by atoms with Gasteiger partial charge in [0.1, 0.15) is 5.82 Å². The molecule has 0 radical (unpaired) electrons. The van der Waals surface area contributed by atoms with Crippen LogP contribution in [0.15, 0.2) is 12.4 Å². The monoisotopic (exact) mass is 237 g/mol. The second kappa shape index (κ2) is 9.23. The Morgan fingerprint density at radius 1 is 1.18 bits per heavy atom. The van der Waals surface area contributed by atoms with Gasteiger partial charge in [-0.1, -0.05) is 46.0 Å². The molecule has 3 heteroatoms. The SMILES string of the molecule is CCCCCCCC(NCCC)c1ncc[nH]1. The van der Waals surface area contributed by atoms with Gasteiger partial charge in [-0.3, -0.25) is 0 Å². The number of rotatable bonds is 10. The third-order valence-electron chi connectivity index (χ3n) is 3.09. The van der Waals surface area contributed by atoms with E-state index in [-0.39, 0.29) is 0 Å². The Kier molecular flexibility index (Phi) is 7.72. The zero-order chi connectivity index (χ0) is 12.3. The molecule has 2 N–H and O–H groups in total. The maximum atomic E-state index is 4.37. The van der Waals surface area contributed by atoms with Crippen molar-refractivity contribution >= 4 is 0 Å².